The zero-order valence-corrected chi connectivity index (χ0v) is 20.9. The Morgan fingerprint density at radius 1 is 1.03 bits per heavy atom. The fraction of sp³-hybridized carbons (Fsp3) is 0.286. The number of benzene rings is 3. The quantitative estimate of drug-likeness (QED) is 0.534. The van der Waals surface area contributed by atoms with Gasteiger partial charge in [-0.3, -0.25) is 0 Å². The largest absolute Gasteiger partial charge is 0.497 e. The highest BCUT2D eigenvalue weighted by Crippen LogP contribution is 2.38. The number of amidine groups is 1. The molecule has 5 rings (SSSR count). The van der Waals surface area contributed by atoms with E-state index in [1.165, 1.54) is 0 Å². The van der Waals surface area contributed by atoms with Crippen molar-refractivity contribution < 1.29 is 19.0 Å². The summed E-state index contributed by atoms with van der Waals surface area (Å²) in [7, 11) is 3.16. The van der Waals surface area contributed by atoms with Crippen molar-refractivity contribution in [3.63, 3.8) is 0 Å². The molecule has 0 radical (unpaired) electrons. The monoisotopic (exact) mass is 486 g/mol. The summed E-state index contributed by atoms with van der Waals surface area (Å²) in [6.07, 6.45) is 0. The number of nitrogens with one attached hydrogen (secondary N) is 1. The van der Waals surface area contributed by atoms with Crippen molar-refractivity contribution in [1.82, 2.24) is 9.80 Å². The molecule has 2 heterocycles. The second-order valence-corrected chi connectivity index (χ2v) is 8.99. The Labute approximate surface area is 211 Å². The lowest BCUT2D eigenvalue weighted by Crippen LogP contribution is -2.56. The lowest BCUT2D eigenvalue weighted by Gasteiger charge is -2.41. The fourth-order valence-corrected chi connectivity index (χ4v) is 4.62. The molecule has 8 nitrogen and oxygen atoms in total. The number of carbonyl (C=O) groups is 1. The van der Waals surface area contributed by atoms with Crippen LogP contribution in [-0.4, -0.2) is 61.6 Å². The molecule has 0 aromatic heterocycles. The van der Waals surface area contributed by atoms with Crippen molar-refractivity contribution in [2.45, 2.75) is 19.9 Å². The van der Waals surface area contributed by atoms with E-state index in [9.17, 15) is 4.79 Å². The van der Waals surface area contributed by atoms with E-state index >= 15 is 0 Å². The summed E-state index contributed by atoms with van der Waals surface area (Å²) in [5, 5.41) is 2.99. The van der Waals surface area contributed by atoms with E-state index in [4.69, 9.17) is 19.2 Å². The zero-order chi connectivity index (χ0) is 25.2. The summed E-state index contributed by atoms with van der Waals surface area (Å²) in [4.78, 5) is 22.3. The number of carbonyl (C=O) groups excluding carboxylic acids is 1. The molecule has 1 atom stereocenters. The molecular formula is C28H30N4O4. The van der Waals surface area contributed by atoms with Crippen LogP contribution in [0.15, 0.2) is 65.7 Å². The fourth-order valence-electron chi connectivity index (χ4n) is 4.62. The van der Waals surface area contributed by atoms with Gasteiger partial charge in [-0.15, -0.1) is 0 Å². The molecule has 8 heteroatoms. The molecule has 1 unspecified atom stereocenters. The van der Waals surface area contributed by atoms with Crippen LogP contribution in [0.4, 0.5) is 16.2 Å². The van der Waals surface area contributed by atoms with Crippen LogP contribution >= 0.6 is 0 Å². The average Bonchev–Trinajstić information content (AvgIpc) is 3.05. The minimum Gasteiger partial charge on any atom is -0.497 e. The van der Waals surface area contributed by atoms with Crippen LogP contribution in [0, 0.1) is 6.92 Å². The molecule has 0 spiro atoms. The van der Waals surface area contributed by atoms with E-state index in [1.807, 2.05) is 41.3 Å². The van der Waals surface area contributed by atoms with Gasteiger partial charge >= 0.3 is 6.03 Å². The second kappa shape index (κ2) is 9.81. The van der Waals surface area contributed by atoms with Gasteiger partial charge < -0.3 is 29.3 Å². The number of ether oxygens (including phenoxy) is 3. The maximum Gasteiger partial charge on any atom is 0.322 e. The lowest BCUT2D eigenvalue weighted by atomic mass is 10.1. The number of aliphatic imine (C=N–C) groups is 1. The molecule has 0 aliphatic carbocycles. The van der Waals surface area contributed by atoms with Crippen LogP contribution < -0.4 is 19.5 Å². The molecule has 2 aliphatic heterocycles. The number of para-hydroxylation sites is 2. The molecule has 186 valence electrons. The average molecular weight is 487 g/mol. The minimum atomic E-state index is -0.168. The Bertz CT molecular complexity index is 1320. The summed E-state index contributed by atoms with van der Waals surface area (Å²) in [5.74, 6) is 3.59. The number of rotatable bonds is 3. The molecular weight excluding hydrogens is 456 g/mol. The van der Waals surface area contributed by atoms with Crippen molar-refractivity contribution in [3.8, 4) is 23.0 Å². The molecule has 2 amide bonds. The molecule has 0 bridgehead atoms. The Balaban J connectivity index is 1.37. The van der Waals surface area contributed by atoms with Crippen molar-refractivity contribution in [1.29, 1.82) is 0 Å². The summed E-state index contributed by atoms with van der Waals surface area (Å²) in [6.45, 7) is 5.95. The first-order valence-corrected chi connectivity index (χ1v) is 12.0. The Morgan fingerprint density at radius 3 is 2.64 bits per heavy atom. The van der Waals surface area contributed by atoms with Gasteiger partial charge in [-0.05, 0) is 50.2 Å². The molecule has 3 aromatic carbocycles. The van der Waals surface area contributed by atoms with Crippen molar-refractivity contribution in [2.24, 2.45) is 4.99 Å². The second-order valence-electron chi connectivity index (χ2n) is 8.99. The molecule has 1 N–H and O–H groups in total. The van der Waals surface area contributed by atoms with Crippen molar-refractivity contribution in [3.05, 3.63) is 71.8 Å². The number of hydrogen-bond acceptors (Lipinski definition) is 6. The number of fused-ring (bicyclic) bond motifs is 2. The zero-order valence-electron chi connectivity index (χ0n) is 20.9. The molecule has 2 aliphatic rings. The number of methoxy groups -OCH3 is 2. The van der Waals surface area contributed by atoms with E-state index in [-0.39, 0.29) is 12.1 Å². The summed E-state index contributed by atoms with van der Waals surface area (Å²) in [5.41, 5.74) is 3.49. The van der Waals surface area contributed by atoms with Crippen LogP contribution in [0.25, 0.3) is 0 Å². The number of nitrogens with zero attached hydrogens (tertiary/aromatic N) is 3. The molecule has 0 saturated carbocycles. The van der Waals surface area contributed by atoms with Gasteiger partial charge in [-0.1, -0.05) is 23.8 Å². The van der Waals surface area contributed by atoms with E-state index < -0.39 is 0 Å². The highest BCUT2D eigenvalue weighted by Gasteiger charge is 2.32. The number of aryl methyl sites for hydroxylation is 1. The molecule has 1 saturated heterocycles. The van der Waals surface area contributed by atoms with Crippen molar-refractivity contribution >= 4 is 23.2 Å². The number of amides is 2. The maximum atomic E-state index is 13.2. The number of piperazine rings is 1. The normalized spacial score (nSPS) is 16.7. The smallest absolute Gasteiger partial charge is 0.322 e. The van der Waals surface area contributed by atoms with Gasteiger partial charge in [0.1, 0.15) is 28.8 Å². The molecule has 36 heavy (non-hydrogen) atoms. The number of anilines is 1. The third-order valence-electron chi connectivity index (χ3n) is 6.53. The van der Waals surface area contributed by atoms with Gasteiger partial charge in [0.25, 0.3) is 0 Å². The van der Waals surface area contributed by atoms with Gasteiger partial charge in [0.15, 0.2) is 5.75 Å². The molecule has 3 aromatic rings. The van der Waals surface area contributed by atoms with Gasteiger partial charge in [-0.2, -0.15) is 0 Å². The van der Waals surface area contributed by atoms with E-state index in [2.05, 4.69) is 30.1 Å². The maximum absolute atomic E-state index is 13.2. The van der Waals surface area contributed by atoms with E-state index in [0.717, 1.165) is 34.1 Å². The Hall–Kier alpha value is -4.20. The predicted octanol–water partition coefficient (Wildman–Crippen LogP) is 5.43. The van der Waals surface area contributed by atoms with Crippen LogP contribution in [0.1, 0.15) is 18.1 Å². The summed E-state index contributed by atoms with van der Waals surface area (Å²) >= 11 is 0. The van der Waals surface area contributed by atoms with E-state index in [0.29, 0.717) is 36.8 Å². The third kappa shape index (κ3) is 4.54. The van der Waals surface area contributed by atoms with Crippen molar-refractivity contribution in [2.75, 3.05) is 39.2 Å². The third-order valence-corrected chi connectivity index (χ3v) is 6.53. The van der Waals surface area contributed by atoms with Gasteiger partial charge in [0.2, 0.25) is 0 Å². The van der Waals surface area contributed by atoms with Crippen LogP contribution in [0.2, 0.25) is 0 Å². The van der Waals surface area contributed by atoms with Gasteiger partial charge in [0.05, 0.1) is 25.5 Å². The summed E-state index contributed by atoms with van der Waals surface area (Å²) in [6, 6.07) is 19.1. The highest BCUT2D eigenvalue weighted by atomic mass is 16.5. The Morgan fingerprint density at radius 2 is 1.86 bits per heavy atom. The SMILES string of the molecule is COc1ccc(NC(=O)N2CCN(C3=Nc4ccccc4Oc4ccc(C)cc43)CC2C)c(OC)c1. The lowest BCUT2D eigenvalue weighted by molar-refractivity contribution is 0.144. The Kier molecular flexibility index (Phi) is 6.41. The van der Waals surface area contributed by atoms with Crippen LogP contribution in [0.5, 0.6) is 23.0 Å². The standard InChI is InChI=1S/C28H30N4O4/c1-18-9-12-24-21(15-18)27(29-22-7-5-6-8-25(22)36-24)31-13-14-32(19(2)17-31)28(33)30-23-11-10-20(34-3)16-26(23)35-4/h5-12,15-16,19H,13-14,17H2,1-4H3,(H,30,33). The first-order chi connectivity index (χ1) is 17.5. The van der Waals surface area contributed by atoms with Gasteiger partial charge in [0, 0.05) is 31.7 Å². The first kappa shape index (κ1) is 23.5. The topological polar surface area (TPSA) is 75.6 Å². The highest BCUT2D eigenvalue weighted by molar-refractivity contribution is 6.04. The molecule has 1 fully saturated rings. The van der Waals surface area contributed by atoms with Gasteiger partial charge in [-0.25, -0.2) is 9.79 Å². The number of hydrogen-bond donors (Lipinski definition) is 1. The van der Waals surface area contributed by atoms with Crippen LogP contribution in [0.3, 0.4) is 0 Å². The first-order valence-electron chi connectivity index (χ1n) is 12.0. The minimum absolute atomic E-state index is 0.0432. The summed E-state index contributed by atoms with van der Waals surface area (Å²) < 4.78 is 16.9. The van der Waals surface area contributed by atoms with E-state index in [1.54, 1.807) is 32.4 Å². The predicted molar refractivity (Wildman–Crippen MR) is 140 cm³/mol. The number of urea groups is 1. The van der Waals surface area contributed by atoms with Crippen LogP contribution in [-0.2, 0) is 0 Å².